The third-order valence-corrected chi connectivity index (χ3v) is 3.56. The molecule has 0 saturated carbocycles. The monoisotopic (exact) mass is 262 g/mol. The molecule has 0 aromatic carbocycles. The van der Waals surface area contributed by atoms with Crippen LogP contribution in [-0.4, -0.2) is 29.6 Å². The summed E-state index contributed by atoms with van der Waals surface area (Å²) >= 11 is 0. The first-order chi connectivity index (χ1) is 9.33. The molecule has 19 heavy (non-hydrogen) atoms. The number of nitrogens with zero attached hydrogens (tertiary/aromatic N) is 3. The van der Waals surface area contributed by atoms with Gasteiger partial charge in [-0.2, -0.15) is 0 Å². The third kappa shape index (κ3) is 4.08. The molecule has 1 saturated heterocycles. The fraction of sp³-hybridized carbons (Fsp3) is 0.733. The molecule has 1 aromatic rings. The molecule has 1 aliphatic rings. The quantitative estimate of drug-likeness (QED) is 0.884. The number of hydrogen-bond acceptors (Lipinski definition) is 4. The van der Waals surface area contributed by atoms with Crippen LogP contribution in [0.15, 0.2) is 6.07 Å². The molecule has 0 radical (unpaired) electrons. The van der Waals surface area contributed by atoms with Crippen LogP contribution in [0.2, 0.25) is 0 Å². The third-order valence-electron chi connectivity index (χ3n) is 3.56. The van der Waals surface area contributed by atoms with Crippen molar-refractivity contribution in [1.82, 2.24) is 9.97 Å². The van der Waals surface area contributed by atoms with E-state index < -0.39 is 0 Å². The number of hydrogen-bond donors (Lipinski definition) is 1. The largest absolute Gasteiger partial charge is 0.370 e. The predicted molar refractivity (Wildman–Crippen MR) is 80.9 cm³/mol. The average Bonchev–Trinajstić information content (AvgIpc) is 2.73. The Labute approximate surface area is 116 Å². The van der Waals surface area contributed by atoms with E-state index in [2.05, 4.69) is 35.1 Å². The molecule has 0 bridgehead atoms. The first-order valence-electron chi connectivity index (χ1n) is 7.70. The van der Waals surface area contributed by atoms with Crippen LogP contribution >= 0.6 is 0 Å². The Morgan fingerprint density at radius 2 is 1.84 bits per heavy atom. The Bertz CT molecular complexity index is 384. The van der Waals surface area contributed by atoms with Crippen LogP contribution in [0.1, 0.15) is 51.8 Å². The maximum absolute atomic E-state index is 4.70. The van der Waals surface area contributed by atoms with Crippen molar-refractivity contribution in [2.45, 2.75) is 52.4 Å². The van der Waals surface area contributed by atoms with Gasteiger partial charge in [-0.25, -0.2) is 9.97 Å². The van der Waals surface area contributed by atoms with Gasteiger partial charge in [0.25, 0.3) is 0 Å². The summed E-state index contributed by atoms with van der Waals surface area (Å²) in [7, 11) is 0. The summed E-state index contributed by atoms with van der Waals surface area (Å²) in [5.41, 5.74) is 0. The predicted octanol–water partition coefficient (Wildman–Crippen LogP) is 3.24. The van der Waals surface area contributed by atoms with E-state index in [0.717, 1.165) is 49.9 Å². The summed E-state index contributed by atoms with van der Waals surface area (Å²) in [4.78, 5) is 11.7. The molecule has 0 unspecified atom stereocenters. The van der Waals surface area contributed by atoms with Gasteiger partial charge in [0.15, 0.2) is 0 Å². The summed E-state index contributed by atoms with van der Waals surface area (Å²) < 4.78 is 0. The minimum absolute atomic E-state index is 0.891. The summed E-state index contributed by atoms with van der Waals surface area (Å²) in [5, 5.41) is 3.39. The van der Waals surface area contributed by atoms with Crippen molar-refractivity contribution in [1.29, 1.82) is 0 Å². The summed E-state index contributed by atoms with van der Waals surface area (Å²) in [6.07, 6.45) is 7.27. The Morgan fingerprint density at radius 3 is 2.47 bits per heavy atom. The van der Waals surface area contributed by atoms with Crippen LogP contribution in [0, 0.1) is 0 Å². The lowest BCUT2D eigenvalue weighted by Crippen LogP contribution is -2.25. The fourth-order valence-corrected chi connectivity index (χ4v) is 2.45. The molecule has 1 N–H and O–H groups in total. The van der Waals surface area contributed by atoms with Crippen LogP contribution in [0.3, 0.4) is 0 Å². The molecular formula is C15H26N4. The highest BCUT2D eigenvalue weighted by Crippen LogP contribution is 2.20. The van der Waals surface area contributed by atoms with Gasteiger partial charge in [-0.1, -0.05) is 26.7 Å². The van der Waals surface area contributed by atoms with Crippen molar-refractivity contribution in [2.24, 2.45) is 0 Å². The van der Waals surface area contributed by atoms with Gasteiger partial charge in [0.05, 0.1) is 0 Å². The van der Waals surface area contributed by atoms with Crippen LogP contribution in [0.5, 0.6) is 0 Å². The Balaban J connectivity index is 2.17. The summed E-state index contributed by atoms with van der Waals surface area (Å²) in [5.74, 6) is 3.03. The van der Waals surface area contributed by atoms with Crippen molar-refractivity contribution in [3.63, 3.8) is 0 Å². The minimum Gasteiger partial charge on any atom is -0.370 e. The first kappa shape index (κ1) is 14.1. The van der Waals surface area contributed by atoms with Crippen molar-refractivity contribution in [3.05, 3.63) is 11.9 Å². The van der Waals surface area contributed by atoms with Gasteiger partial charge in [-0.05, 0) is 19.3 Å². The van der Waals surface area contributed by atoms with Crippen molar-refractivity contribution < 1.29 is 0 Å². The van der Waals surface area contributed by atoms with E-state index >= 15 is 0 Å². The standard InChI is InChI=1S/C15H26N4/c1-3-9-16-14-12-15(18-13(4-2)17-14)19-10-7-5-6-8-11-19/h12H,3-11H2,1-2H3,(H,16,17,18). The van der Waals surface area contributed by atoms with Gasteiger partial charge in [0.2, 0.25) is 0 Å². The topological polar surface area (TPSA) is 41.0 Å². The van der Waals surface area contributed by atoms with E-state index in [1.54, 1.807) is 0 Å². The molecule has 106 valence electrons. The Kier molecular flexibility index (Phi) is 5.43. The van der Waals surface area contributed by atoms with Crippen LogP contribution in [0.25, 0.3) is 0 Å². The van der Waals surface area contributed by atoms with Gasteiger partial charge in [0.1, 0.15) is 17.5 Å². The van der Waals surface area contributed by atoms with Crippen molar-refractivity contribution in [2.75, 3.05) is 29.9 Å². The summed E-state index contributed by atoms with van der Waals surface area (Å²) in [6.45, 7) is 7.52. The molecule has 1 fully saturated rings. The number of anilines is 2. The molecular weight excluding hydrogens is 236 g/mol. The maximum Gasteiger partial charge on any atom is 0.134 e. The highest BCUT2D eigenvalue weighted by Gasteiger charge is 2.13. The Hall–Kier alpha value is -1.32. The second-order valence-corrected chi connectivity index (χ2v) is 5.21. The minimum atomic E-state index is 0.891. The highest BCUT2D eigenvalue weighted by molar-refractivity contribution is 5.49. The molecule has 1 aromatic heterocycles. The number of aryl methyl sites for hydroxylation is 1. The lowest BCUT2D eigenvalue weighted by atomic mass is 10.2. The average molecular weight is 262 g/mol. The van der Waals surface area contributed by atoms with E-state index in [1.807, 2.05) is 0 Å². The second kappa shape index (κ2) is 7.31. The van der Waals surface area contributed by atoms with E-state index in [1.165, 1.54) is 25.7 Å². The zero-order valence-corrected chi connectivity index (χ0v) is 12.3. The zero-order chi connectivity index (χ0) is 13.5. The maximum atomic E-state index is 4.70. The SMILES string of the molecule is CCCNc1cc(N2CCCCCC2)nc(CC)n1. The molecule has 0 amide bonds. The van der Waals surface area contributed by atoms with Gasteiger partial charge in [0, 0.05) is 32.1 Å². The van der Waals surface area contributed by atoms with E-state index in [-0.39, 0.29) is 0 Å². The molecule has 4 nitrogen and oxygen atoms in total. The van der Waals surface area contributed by atoms with Gasteiger partial charge < -0.3 is 10.2 Å². The van der Waals surface area contributed by atoms with Gasteiger partial charge >= 0.3 is 0 Å². The molecule has 0 aliphatic carbocycles. The van der Waals surface area contributed by atoms with Crippen LogP contribution in [0.4, 0.5) is 11.6 Å². The Morgan fingerprint density at radius 1 is 1.11 bits per heavy atom. The van der Waals surface area contributed by atoms with Crippen molar-refractivity contribution >= 4 is 11.6 Å². The van der Waals surface area contributed by atoms with E-state index in [0.29, 0.717) is 0 Å². The molecule has 4 heteroatoms. The van der Waals surface area contributed by atoms with Gasteiger partial charge in [-0.15, -0.1) is 0 Å². The molecule has 0 spiro atoms. The van der Waals surface area contributed by atoms with E-state index in [4.69, 9.17) is 4.98 Å². The molecule has 0 atom stereocenters. The van der Waals surface area contributed by atoms with Crippen LogP contribution < -0.4 is 10.2 Å². The smallest absolute Gasteiger partial charge is 0.134 e. The molecule has 2 heterocycles. The van der Waals surface area contributed by atoms with Gasteiger partial charge in [-0.3, -0.25) is 0 Å². The molecule has 2 rings (SSSR count). The normalized spacial score (nSPS) is 16.2. The second-order valence-electron chi connectivity index (χ2n) is 5.21. The lowest BCUT2D eigenvalue weighted by Gasteiger charge is -2.22. The molecule has 1 aliphatic heterocycles. The first-order valence-corrected chi connectivity index (χ1v) is 7.70. The number of nitrogens with one attached hydrogen (secondary N) is 1. The summed E-state index contributed by atoms with van der Waals surface area (Å²) in [6, 6.07) is 2.11. The van der Waals surface area contributed by atoms with Crippen molar-refractivity contribution in [3.8, 4) is 0 Å². The number of rotatable bonds is 5. The van der Waals surface area contributed by atoms with Crippen LogP contribution in [-0.2, 0) is 6.42 Å². The fourth-order valence-electron chi connectivity index (χ4n) is 2.45. The zero-order valence-electron chi connectivity index (χ0n) is 12.3. The number of aromatic nitrogens is 2. The highest BCUT2D eigenvalue weighted by atomic mass is 15.2. The van der Waals surface area contributed by atoms with E-state index in [9.17, 15) is 0 Å². The lowest BCUT2D eigenvalue weighted by molar-refractivity contribution is 0.726.